The molecule has 0 saturated carbocycles. The van der Waals surface area contributed by atoms with Gasteiger partial charge in [-0.2, -0.15) is 0 Å². The Morgan fingerprint density at radius 1 is 1.24 bits per heavy atom. The fraction of sp³-hybridized carbons (Fsp3) is 0.273. The predicted octanol–water partition coefficient (Wildman–Crippen LogP) is 0.586. The molecule has 1 aromatic carbocycles. The van der Waals surface area contributed by atoms with Crippen LogP contribution < -0.4 is 20.3 Å². The van der Waals surface area contributed by atoms with Gasteiger partial charge in [-0.3, -0.25) is 20.4 Å². The Bertz CT molecular complexity index is 459. The number of hydrogen-bond donors (Lipinski definition) is 2. The van der Waals surface area contributed by atoms with Crippen LogP contribution in [0.4, 0.5) is 0 Å². The molecular weight excluding hydrogens is 224 g/mol. The van der Waals surface area contributed by atoms with Crippen LogP contribution in [-0.2, 0) is 4.79 Å². The van der Waals surface area contributed by atoms with E-state index in [4.69, 9.17) is 9.47 Å². The van der Waals surface area contributed by atoms with Crippen molar-refractivity contribution in [2.45, 2.75) is 13.3 Å². The maximum absolute atomic E-state index is 11.6. The zero-order valence-electron chi connectivity index (χ0n) is 9.28. The molecule has 17 heavy (non-hydrogen) atoms. The van der Waals surface area contributed by atoms with Crippen molar-refractivity contribution in [3.63, 3.8) is 0 Å². The SMILES string of the molecule is CCC(=O)NNC(=O)c1ccc2c(c1)OCO2. The molecule has 1 aliphatic heterocycles. The number of amides is 2. The normalized spacial score (nSPS) is 12.1. The molecule has 6 nitrogen and oxygen atoms in total. The first-order valence-electron chi connectivity index (χ1n) is 5.19. The van der Waals surface area contributed by atoms with E-state index in [2.05, 4.69) is 10.9 Å². The molecule has 0 aliphatic carbocycles. The minimum Gasteiger partial charge on any atom is -0.454 e. The highest BCUT2D eigenvalue weighted by Crippen LogP contribution is 2.32. The summed E-state index contributed by atoms with van der Waals surface area (Å²) in [5, 5.41) is 0. The first-order chi connectivity index (χ1) is 8.20. The van der Waals surface area contributed by atoms with Gasteiger partial charge in [-0.25, -0.2) is 0 Å². The van der Waals surface area contributed by atoms with Crippen LogP contribution in [0.3, 0.4) is 0 Å². The lowest BCUT2D eigenvalue weighted by atomic mass is 10.2. The molecule has 1 aromatic rings. The Morgan fingerprint density at radius 2 is 2.00 bits per heavy atom. The van der Waals surface area contributed by atoms with Gasteiger partial charge in [-0.05, 0) is 18.2 Å². The molecule has 0 fully saturated rings. The first-order valence-corrected chi connectivity index (χ1v) is 5.19. The Balaban J connectivity index is 2.02. The van der Waals surface area contributed by atoms with Crippen molar-refractivity contribution in [3.8, 4) is 11.5 Å². The highest BCUT2D eigenvalue weighted by molar-refractivity contribution is 5.96. The lowest BCUT2D eigenvalue weighted by Gasteiger charge is -2.06. The summed E-state index contributed by atoms with van der Waals surface area (Å²) in [5.41, 5.74) is 4.99. The van der Waals surface area contributed by atoms with E-state index in [-0.39, 0.29) is 12.7 Å². The van der Waals surface area contributed by atoms with Crippen molar-refractivity contribution < 1.29 is 19.1 Å². The van der Waals surface area contributed by atoms with Crippen molar-refractivity contribution in [3.05, 3.63) is 23.8 Å². The van der Waals surface area contributed by atoms with Crippen LogP contribution in [0.1, 0.15) is 23.7 Å². The van der Waals surface area contributed by atoms with Crippen LogP contribution in [0.25, 0.3) is 0 Å². The molecule has 0 saturated heterocycles. The van der Waals surface area contributed by atoms with Gasteiger partial charge in [0.1, 0.15) is 0 Å². The highest BCUT2D eigenvalue weighted by Gasteiger charge is 2.16. The number of fused-ring (bicyclic) bond motifs is 1. The Labute approximate surface area is 97.9 Å². The van der Waals surface area contributed by atoms with Gasteiger partial charge in [0, 0.05) is 12.0 Å². The van der Waals surface area contributed by atoms with E-state index in [1.54, 1.807) is 25.1 Å². The standard InChI is InChI=1S/C11H12N2O4/c1-2-10(14)12-13-11(15)7-3-4-8-9(5-7)17-6-16-8/h3-5H,2,6H2,1H3,(H,12,14)(H,13,15). The second-order valence-electron chi connectivity index (χ2n) is 3.42. The topological polar surface area (TPSA) is 76.7 Å². The lowest BCUT2D eigenvalue weighted by Crippen LogP contribution is -2.41. The summed E-state index contributed by atoms with van der Waals surface area (Å²) in [5.74, 6) is 0.489. The fourth-order valence-electron chi connectivity index (χ4n) is 1.32. The largest absolute Gasteiger partial charge is 0.454 e. The summed E-state index contributed by atoms with van der Waals surface area (Å²) in [6.45, 7) is 1.86. The summed E-state index contributed by atoms with van der Waals surface area (Å²) in [7, 11) is 0. The van der Waals surface area contributed by atoms with Gasteiger partial charge in [-0.15, -0.1) is 0 Å². The van der Waals surface area contributed by atoms with E-state index in [1.165, 1.54) is 0 Å². The van der Waals surface area contributed by atoms with Crippen LogP contribution in [0, 0.1) is 0 Å². The molecule has 0 radical (unpaired) electrons. The maximum atomic E-state index is 11.6. The number of hydrogen-bond acceptors (Lipinski definition) is 4. The van der Waals surface area contributed by atoms with Gasteiger partial charge in [0.15, 0.2) is 11.5 Å². The molecule has 2 N–H and O–H groups in total. The molecule has 6 heteroatoms. The van der Waals surface area contributed by atoms with Crippen molar-refractivity contribution in [1.29, 1.82) is 0 Å². The maximum Gasteiger partial charge on any atom is 0.269 e. The fourth-order valence-corrected chi connectivity index (χ4v) is 1.32. The number of ether oxygens (including phenoxy) is 2. The lowest BCUT2D eigenvalue weighted by molar-refractivity contribution is -0.121. The number of nitrogens with one attached hydrogen (secondary N) is 2. The van der Waals surface area contributed by atoms with E-state index < -0.39 is 5.91 Å². The minimum atomic E-state index is -0.398. The number of hydrazine groups is 1. The van der Waals surface area contributed by atoms with Crippen LogP contribution in [0.15, 0.2) is 18.2 Å². The average molecular weight is 236 g/mol. The Morgan fingerprint density at radius 3 is 2.76 bits per heavy atom. The van der Waals surface area contributed by atoms with Gasteiger partial charge in [0.25, 0.3) is 5.91 Å². The third kappa shape index (κ3) is 2.47. The summed E-state index contributed by atoms with van der Waals surface area (Å²) >= 11 is 0. The minimum absolute atomic E-state index is 0.160. The second-order valence-corrected chi connectivity index (χ2v) is 3.42. The predicted molar refractivity (Wildman–Crippen MR) is 58.5 cm³/mol. The highest BCUT2D eigenvalue weighted by atomic mass is 16.7. The van der Waals surface area contributed by atoms with Crippen molar-refractivity contribution in [2.75, 3.05) is 6.79 Å². The van der Waals surface area contributed by atoms with Gasteiger partial charge in [-0.1, -0.05) is 6.92 Å². The molecule has 0 bridgehead atoms. The van der Waals surface area contributed by atoms with Crippen molar-refractivity contribution >= 4 is 11.8 Å². The summed E-state index contributed by atoms with van der Waals surface area (Å²) in [6.07, 6.45) is 0.307. The Hall–Kier alpha value is -2.24. The molecule has 0 unspecified atom stereocenters. The molecule has 0 atom stereocenters. The van der Waals surface area contributed by atoms with E-state index in [0.29, 0.717) is 23.5 Å². The van der Waals surface area contributed by atoms with E-state index in [0.717, 1.165) is 0 Å². The molecule has 0 aromatic heterocycles. The van der Waals surface area contributed by atoms with Crippen LogP contribution >= 0.6 is 0 Å². The Kier molecular flexibility index (Phi) is 3.13. The zero-order valence-corrected chi connectivity index (χ0v) is 9.28. The monoisotopic (exact) mass is 236 g/mol. The average Bonchev–Trinajstić information content (AvgIpc) is 2.82. The molecule has 1 aliphatic rings. The van der Waals surface area contributed by atoms with E-state index in [1.807, 2.05) is 0 Å². The smallest absolute Gasteiger partial charge is 0.269 e. The molecule has 0 spiro atoms. The summed E-state index contributed by atoms with van der Waals surface area (Å²) in [4.78, 5) is 22.6. The van der Waals surface area contributed by atoms with Gasteiger partial charge in [0.05, 0.1) is 0 Å². The molecule has 2 rings (SSSR count). The first kappa shape index (κ1) is 11.3. The number of benzene rings is 1. The number of carbonyl (C=O) groups is 2. The second kappa shape index (κ2) is 4.73. The van der Waals surface area contributed by atoms with Gasteiger partial charge < -0.3 is 9.47 Å². The summed E-state index contributed by atoms with van der Waals surface area (Å²) < 4.78 is 10.3. The van der Waals surface area contributed by atoms with Crippen molar-refractivity contribution in [1.82, 2.24) is 10.9 Å². The summed E-state index contributed by atoms with van der Waals surface area (Å²) in [6, 6.07) is 4.82. The number of carbonyl (C=O) groups excluding carboxylic acids is 2. The molecular formula is C11H12N2O4. The van der Waals surface area contributed by atoms with E-state index in [9.17, 15) is 9.59 Å². The van der Waals surface area contributed by atoms with E-state index >= 15 is 0 Å². The van der Waals surface area contributed by atoms with Crippen LogP contribution in [0.5, 0.6) is 11.5 Å². The number of rotatable bonds is 2. The zero-order chi connectivity index (χ0) is 12.3. The van der Waals surface area contributed by atoms with Gasteiger partial charge in [0.2, 0.25) is 12.7 Å². The van der Waals surface area contributed by atoms with Crippen LogP contribution in [0.2, 0.25) is 0 Å². The third-order valence-electron chi connectivity index (χ3n) is 2.27. The quantitative estimate of drug-likeness (QED) is 0.737. The molecule has 2 amide bonds. The molecule has 1 heterocycles. The third-order valence-corrected chi connectivity index (χ3v) is 2.27. The van der Waals surface area contributed by atoms with Gasteiger partial charge >= 0.3 is 0 Å². The van der Waals surface area contributed by atoms with Crippen LogP contribution in [-0.4, -0.2) is 18.6 Å². The molecule has 90 valence electrons. The van der Waals surface area contributed by atoms with Crippen molar-refractivity contribution in [2.24, 2.45) is 0 Å².